The number of carbonyl (C=O) groups is 1. The molecule has 0 radical (unpaired) electrons. The Morgan fingerprint density at radius 3 is 2.70 bits per heavy atom. The number of Topliss-reactive ketones (excluding diaryl/α,β-unsaturated/α-hetero) is 1. The van der Waals surface area contributed by atoms with Crippen LogP contribution in [0.15, 0.2) is 21.7 Å². The Morgan fingerprint density at radius 2 is 2.13 bits per heavy atom. The minimum absolute atomic E-state index is 0.000310. The smallest absolute Gasteiger partial charge is 0.204 e. The molecular weight excluding hydrogens is 382 g/mol. The minimum atomic E-state index is -0.000310. The van der Waals surface area contributed by atoms with Crippen LogP contribution in [0.5, 0.6) is 11.5 Å². The number of anilines is 1. The number of rotatable bonds is 6. The van der Waals surface area contributed by atoms with Crippen molar-refractivity contribution in [1.29, 1.82) is 0 Å². The molecule has 1 heterocycles. The summed E-state index contributed by atoms with van der Waals surface area (Å²) in [7, 11) is 3.15. The van der Waals surface area contributed by atoms with Gasteiger partial charge in [0.2, 0.25) is 5.13 Å². The summed E-state index contributed by atoms with van der Waals surface area (Å²) in [5.41, 5.74) is 4.35. The Kier molecular flexibility index (Phi) is 5.73. The highest BCUT2D eigenvalue weighted by molar-refractivity contribution is 9.10. The zero-order chi connectivity index (χ0) is 17.0. The van der Waals surface area contributed by atoms with Crippen molar-refractivity contribution < 1.29 is 14.3 Å². The lowest BCUT2D eigenvalue weighted by Crippen LogP contribution is -1.96. The standard InChI is InChI=1S/C15H16BrN3O3S/c1-8-14(9(2)20)23-15(18-8)19-17-7-10-5-6-11(21-3)13(22-4)12(10)16/h5-7H,1-4H3,(H,18,19)/b17-7-. The van der Waals surface area contributed by atoms with Gasteiger partial charge in [-0.15, -0.1) is 0 Å². The van der Waals surface area contributed by atoms with Crippen LogP contribution in [0.4, 0.5) is 5.13 Å². The quantitative estimate of drug-likeness (QED) is 0.454. The van der Waals surface area contributed by atoms with Crippen LogP contribution in [-0.4, -0.2) is 31.2 Å². The summed E-state index contributed by atoms with van der Waals surface area (Å²) in [4.78, 5) is 16.3. The van der Waals surface area contributed by atoms with Crippen molar-refractivity contribution >= 4 is 44.4 Å². The highest BCUT2D eigenvalue weighted by atomic mass is 79.9. The fraction of sp³-hybridized carbons (Fsp3) is 0.267. The number of methoxy groups -OCH3 is 2. The van der Waals surface area contributed by atoms with Gasteiger partial charge in [-0.1, -0.05) is 11.3 Å². The maximum absolute atomic E-state index is 11.4. The third-order valence-electron chi connectivity index (χ3n) is 3.00. The Balaban J connectivity index is 2.18. The van der Waals surface area contributed by atoms with Gasteiger partial charge in [-0.3, -0.25) is 10.2 Å². The number of thiazole rings is 1. The largest absolute Gasteiger partial charge is 0.493 e. The molecule has 0 saturated heterocycles. The highest BCUT2D eigenvalue weighted by Crippen LogP contribution is 2.36. The summed E-state index contributed by atoms with van der Waals surface area (Å²) >= 11 is 4.75. The van der Waals surface area contributed by atoms with Crippen molar-refractivity contribution in [2.45, 2.75) is 13.8 Å². The normalized spacial score (nSPS) is 10.8. The molecule has 0 amide bonds. The molecule has 2 aromatic rings. The predicted molar refractivity (Wildman–Crippen MR) is 95.3 cm³/mol. The average Bonchev–Trinajstić information content (AvgIpc) is 2.89. The van der Waals surface area contributed by atoms with E-state index >= 15 is 0 Å². The van der Waals surface area contributed by atoms with E-state index in [2.05, 4.69) is 31.4 Å². The summed E-state index contributed by atoms with van der Waals surface area (Å²) in [6.07, 6.45) is 1.64. The fourth-order valence-electron chi connectivity index (χ4n) is 1.93. The van der Waals surface area contributed by atoms with Crippen LogP contribution >= 0.6 is 27.3 Å². The maximum atomic E-state index is 11.4. The molecule has 6 nitrogen and oxygen atoms in total. The van der Waals surface area contributed by atoms with E-state index < -0.39 is 0 Å². The van der Waals surface area contributed by atoms with Gasteiger partial charge in [-0.25, -0.2) is 4.98 Å². The number of aryl methyl sites for hydroxylation is 1. The van der Waals surface area contributed by atoms with Gasteiger partial charge in [-0.05, 0) is 35.0 Å². The maximum Gasteiger partial charge on any atom is 0.204 e. The van der Waals surface area contributed by atoms with Gasteiger partial charge in [0, 0.05) is 12.5 Å². The SMILES string of the molecule is COc1ccc(/C=N\Nc2nc(C)c(C(C)=O)s2)c(Br)c1OC. The molecule has 0 saturated carbocycles. The van der Waals surface area contributed by atoms with Crippen LogP contribution in [0.2, 0.25) is 0 Å². The van der Waals surface area contributed by atoms with Crippen molar-refractivity contribution in [2.75, 3.05) is 19.6 Å². The molecule has 122 valence electrons. The summed E-state index contributed by atoms with van der Waals surface area (Å²) in [6.45, 7) is 3.32. The summed E-state index contributed by atoms with van der Waals surface area (Å²) in [6, 6.07) is 3.65. The fourth-order valence-corrected chi connectivity index (χ4v) is 3.34. The number of hydrazone groups is 1. The Morgan fingerprint density at radius 1 is 1.39 bits per heavy atom. The Bertz CT molecular complexity index is 759. The lowest BCUT2D eigenvalue weighted by Gasteiger charge is -2.10. The Labute approximate surface area is 146 Å². The van der Waals surface area contributed by atoms with Crippen molar-refractivity contribution in [3.8, 4) is 11.5 Å². The van der Waals surface area contributed by atoms with Crippen LogP contribution < -0.4 is 14.9 Å². The van der Waals surface area contributed by atoms with Gasteiger partial charge in [0.05, 0.1) is 35.5 Å². The number of hydrogen-bond acceptors (Lipinski definition) is 7. The molecule has 23 heavy (non-hydrogen) atoms. The summed E-state index contributed by atoms with van der Waals surface area (Å²) < 4.78 is 11.3. The minimum Gasteiger partial charge on any atom is -0.493 e. The number of nitrogens with zero attached hydrogens (tertiary/aromatic N) is 2. The van der Waals surface area contributed by atoms with E-state index in [-0.39, 0.29) is 5.78 Å². The third kappa shape index (κ3) is 3.89. The van der Waals surface area contributed by atoms with Gasteiger partial charge in [0.25, 0.3) is 0 Å². The van der Waals surface area contributed by atoms with E-state index in [1.165, 1.54) is 18.3 Å². The van der Waals surface area contributed by atoms with Crippen molar-refractivity contribution in [3.05, 3.63) is 32.7 Å². The lowest BCUT2D eigenvalue weighted by molar-refractivity contribution is 0.102. The monoisotopic (exact) mass is 397 g/mol. The van der Waals surface area contributed by atoms with Crippen LogP contribution in [-0.2, 0) is 0 Å². The highest BCUT2D eigenvalue weighted by Gasteiger charge is 2.12. The molecular formula is C15H16BrN3O3S. The predicted octanol–water partition coefficient (Wildman–Crippen LogP) is 3.88. The molecule has 0 aliphatic carbocycles. The second-order valence-corrected chi connectivity index (χ2v) is 6.36. The number of ketones is 1. The zero-order valence-electron chi connectivity index (χ0n) is 13.1. The van der Waals surface area contributed by atoms with Gasteiger partial charge < -0.3 is 9.47 Å². The topological polar surface area (TPSA) is 72.8 Å². The van der Waals surface area contributed by atoms with E-state index in [4.69, 9.17) is 9.47 Å². The van der Waals surface area contributed by atoms with Gasteiger partial charge >= 0.3 is 0 Å². The first kappa shape index (κ1) is 17.4. The van der Waals surface area contributed by atoms with Gasteiger partial charge in [0.15, 0.2) is 17.3 Å². The van der Waals surface area contributed by atoms with E-state index in [1.54, 1.807) is 33.4 Å². The number of halogens is 1. The lowest BCUT2D eigenvalue weighted by atomic mass is 10.2. The van der Waals surface area contributed by atoms with Crippen LogP contribution in [0, 0.1) is 6.92 Å². The van der Waals surface area contributed by atoms with Crippen LogP contribution in [0.3, 0.4) is 0 Å². The first-order valence-corrected chi connectivity index (χ1v) is 8.26. The van der Waals surface area contributed by atoms with Crippen molar-refractivity contribution in [3.63, 3.8) is 0 Å². The summed E-state index contributed by atoms with van der Waals surface area (Å²) in [5, 5.41) is 4.72. The molecule has 2 rings (SSSR count). The molecule has 1 aromatic heterocycles. The number of benzene rings is 1. The zero-order valence-corrected chi connectivity index (χ0v) is 15.5. The third-order valence-corrected chi connectivity index (χ3v) is 4.98. The second-order valence-electron chi connectivity index (χ2n) is 4.56. The molecule has 0 bridgehead atoms. The molecule has 0 aliphatic heterocycles. The Hall–Kier alpha value is -1.93. The molecule has 0 atom stereocenters. The molecule has 0 spiro atoms. The molecule has 1 N–H and O–H groups in total. The number of hydrogen-bond donors (Lipinski definition) is 1. The molecule has 8 heteroatoms. The van der Waals surface area contributed by atoms with Crippen LogP contribution in [0.1, 0.15) is 27.9 Å². The summed E-state index contributed by atoms with van der Waals surface area (Å²) in [5.74, 6) is 1.23. The van der Waals surface area contributed by atoms with Crippen molar-refractivity contribution in [1.82, 2.24) is 4.98 Å². The molecule has 1 aromatic carbocycles. The second kappa shape index (κ2) is 7.56. The molecule has 0 unspecified atom stereocenters. The first-order valence-electron chi connectivity index (χ1n) is 6.65. The number of ether oxygens (including phenoxy) is 2. The van der Waals surface area contributed by atoms with E-state index in [9.17, 15) is 4.79 Å². The first-order chi connectivity index (χ1) is 11.0. The molecule has 0 aliphatic rings. The van der Waals surface area contributed by atoms with Gasteiger partial charge in [-0.2, -0.15) is 5.10 Å². The van der Waals surface area contributed by atoms with Crippen molar-refractivity contribution in [2.24, 2.45) is 5.10 Å². The van der Waals surface area contributed by atoms with Crippen LogP contribution in [0.25, 0.3) is 0 Å². The number of nitrogens with one attached hydrogen (secondary N) is 1. The van der Waals surface area contributed by atoms with Gasteiger partial charge in [0.1, 0.15) is 0 Å². The average molecular weight is 398 g/mol. The van der Waals surface area contributed by atoms with E-state index in [0.717, 1.165) is 10.0 Å². The number of aromatic nitrogens is 1. The number of carbonyl (C=O) groups excluding carboxylic acids is 1. The van der Waals surface area contributed by atoms with E-state index in [1.807, 2.05) is 6.07 Å². The van der Waals surface area contributed by atoms with E-state index in [0.29, 0.717) is 27.2 Å². The molecule has 0 fully saturated rings.